The van der Waals surface area contributed by atoms with E-state index < -0.39 is 0 Å². The van der Waals surface area contributed by atoms with Crippen molar-refractivity contribution in [2.24, 2.45) is 0 Å². The molecule has 5 heteroatoms. The van der Waals surface area contributed by atoms with Gasteiger partial charge in [0.25, 0.3) is 0 Å². The fourth-order valence-electron chi connectivity index (χ4n) is 1.69. The number of ether oxygens (including phenoxy) is 1. The lowest BCUT2D eigenvalue weighted by Crippen LogP contribution is -2.38. The Bertz CT molecular complexity index is 424. The first-order valence-electron chi connectivity index (χ1n) is 7.04. The molecule has 20 heavy (non-hydrogen) atoms. The van der Waals surface area contributed by atoms with Crippen molar-refractivity contribution < 1.29 is 9.53 Å². The standard InChI is InChI=1S/C15H23ClN2O2/c1-3-4-5-8-17-15(19)18-9-10-20-14-11-12(2)6-7-13(14)16/h6-7,11H,3-5,8-10H2,1-2H3,(H2,17,18,19). The molecule has 0 fully saturated rings. The lowest BCUT2D eigenvalue weighted by atomic mass is 10.2. The van der Waals surface area contributed by atoms with Crippen LogP contribution in [0.5, 0.6) is 5.75 Å². The zero-order valence-corrected chi connectivity index (χ0v) is 12.9. The van der Waals surface area contributed by atoms with Crippen LogP contribution in [-0.2, 0) is 0 Å². The van der Waals surface area contributed by atoms with E-state index in [2.05, 4.69) is 17.6 Å². The Kier molecular flexibility index (Phi) is 7.88. The molecular weight excluding hydrogens is 276 g/mol. The smallest absolute Gasteiger partial charge is 0.314 e. The van der Waals surface area contributed by atoms with Crippen molar-refractivity contribution in [2.75, 3.05) is 19.7 Å². The molecule has 0 atom stereocenters. The lowest BCUT2D eigenvalue weighted by Gasteiger charge is -2.10. The molecule has 0 aliphatic rings. The number of benzene rings is 1. The predicted octanol–water partition coefficient (Wildman–Crippen LogP) is 3.52. The maximum absolute atomic E-state index is 11.4. The average molecular weight is 299 g/mol. The molecule has 1 aromatic carbocycles. The molecule has 0 spiro atoms. The van der Waals surface area contributed by atoms with Gasteiger partial charge in [-0.25, -0.2) is 4.79 Å². The van der Waals surface area contributed by atoms with E-state index in [0.717, 1.165) is 24.8 Å². The Labute approximate surface area is 125 Å². The Balaban J connectivity index is 2.15. The van der Waals surface area contributed by atoms with E-state index in [-0.39, 0.29) is 6.03 Å². The van der Waals surface area contributed by atoms with E-state index in [1.165, 1.54) is 0 Å². The summed E-state index contributed by atoms with van der Waals surface area (Å²) in [6.45, 7) is 5.67. The second kappa shape index (κ2) is 9.48. The fraction of sp³-hybridized carbons (Fsp3) is 0.533. The van der Waals surface area contributed by atoms with Crippen LogP contribution in [0.4, 0.5) is 4.79 Å². The van der Waals surface area contributed by atoms with Crippen LogP contribution in [-0.4, -0.2) is 25.7 Å². The van der Waals surface area contributed by atoms with Crippen molar-refractivity contribution in [3.05, 3.63) is 28.8 Å². The van der Waals surface area contributed by atoms with Crippen LogP contribution in [0.25, 0.3) is 0 Å². The van der Waals surface area contributed by atoms with Crippen molar-refractivity contribution in [2.45, 2.75) is 33.1 Å². The highest BCUT2D eigenvalue weighted by atomic mass is 35.5. The number of rotatable bonds is 8. The number of amides is 2. The quantitative estimate of drug-likeness (QED) is 0.722. The minimum absolute atomic E-state index is 0.153. The molecule has 0 aromatic heterocycles. The van der Waals surface area contributed by atoms with Gasteiger partial charge >= 0.3 is 6.03 Å². The number of aryl methyl sites for hydroxylation is 1. The SMILES string of the molecule is CCCCCNC(=O)NCCOc1cc(C)ccc1Cl. The first kappa shape index (κ1) is 16.6. The molecule has 4 nitrogen and oxygen atoms in total. The predicted molar refractivity (Wildman–Crippen MR) is 82.6 cm³/mol. The van der Waals surface area contributed by atoms with Gasteiger partial charge in [0.1, 0.15) is 12.4 Å². The largest absolute Gasteiger partial charge is 0.490 e. The van der Waals surface area contributed by atoms with Crippen molar-refractivity contribution in [1.29, 1.82) is 0 Å². The van der Waals surface area contributed by atoms with Crippen molar-refractivity contribution in [1.82, 2.24) is 10.6 Å². The van der Waals surface area contributed by atoms with Gasteiger partial charge in [-0.15, -0.1) is 0 Å². The third-order valence-electron chi connectivity index (χ3n) is 2.80. The van der Waals surface area contributed by atoms with Gasteiger partial charge in [0.05, 0.1) is 11.6 Å². The minimum atomic E-state index is -0.153. The van der Waals surface area contributed by atoms with Crippen LogP contribution in [0.2, 0.25) is 5.02 Å². The Morgan fingerprint density at radius 3 is 2.75 bits per heavy atom. The molecule has 0 heterocycles. The Morgan fingerprint density at radius 2 is 2.00 bits per heavy atom. The summed E-state index contributed by atoms with van der Waals surface area (Å²) in [7, 11) is 0. The zero-order valence-electron chi connectivity index (χ0n) is 12.2. The maximum atomic E-state index is 11.4. The summed E-state index contributed by atoms with van der Waals surface area (Å²) in [5.74, 6) is 0.650. The molecule has 0 saturated carbocycles. The monoisotopic (exact) mass is 298 g/mol. The summed E-state index contributed by atoms with van der Waals surface area (Å²) in [4.78, 5) is 11.4. The summed E-state index contributed by atoms with van der Waals surface area (Å²) in [6, 6.07) is 5.46. The number of nitrogens with one attached hydrogen (secondary N) is 2. The molecule has 2 amide bonds. The van der Waals surface area contributed by atoms with Crippen LogP contribution in [0, 0.1) is 6.92 Å². The highest BCUT2D eigenvalue weighted by molar-refractivity contribution is 6.32. The topological polar surface area (TPSA) is 50.4 Å². The molecule has 1 rings (SSSR count). The summed E-state index contributed by atoms with van der Waals surface area (Å²) in [5, 5.41) is 6.13. The van der Waals surface area contributed by atoms with Crippen LogP contribution in [0.1, 0.15) is 31.7 Å². The van der Waals surface area contributed by atoms with Gasteiger partial charge in [0.2, 0.25) is 0 Å². The Hall–Kier alpha value is -1.42. The third kappa shape index (κ3) is 6.66. The Morgan fingerprint density at radius 1 is 1.25 bits per heavy atom. The van der Waals surface area contributed by atoms with E-state index in [0.29, 0.717) is 30.5 Å². The van der Waals surface area contributed by atoms with E-state index in [9.17, 15) is 4.79 Å². The third-order valence-corrected chi connectivity index (χ3v) is 3.11. The van der Waals surface area contributed by atoms with Crippen LogP contribution in [0.3, 0.4) is 0 Å². The first-order chi connectivity index (χ1) is 9.63. The van der Waals surface area contributed by atoms with Gasteiger partial charge in [-0.05, 0) is 31.0 Å². The molecule has 0 aliphatic carbocycles. The molecule has 0 bridgehead atoms. The lowest BCUT2D eigenvalue weighted by molar-refractivity contribution is 0.236. The van der Waals surface area contributed by atoms with E-state index in [1.807, 2.05) is 19.1 Å². The van der Waals surface area contributed by atoms with Gasteiger partial charge in [0, 0.05) is 6.54 Å². The minimum Gasteiger partial charge on any atom is -0.490 e. The zero-order chi connectivity index (χ0) is 14.8. The number of halogens is 1. The normalized spacial score (nSPS) is 10.2. The maximum Gasteiger partial charge on any atom is 0.314 e. The number of urea groups is 1. The summed E-state index contributed by atoms with van der Waals surface area (Å²) in [6.07, 6.45) is 3.29. The molecule has 0 aliphatic heterocycles. The van der Waals surface area contributed by atoms with Crippen LogP contribution < -0.4 is 15.4 Å². The molecule has 0 radical (unpaired) electrons. The second-order valence-corrected chi connectivity index (χ2v) is 5.08. The van der Waals surface area contributed by atoms with Gasteiger partial charge in [-0.3, -0.25) is 0 Å². The van der Waals surface area contributed by atoms with E-state index in [4.69, 9.17) is 16.3 Å². The molecule has 112 valence electrons. The fourth-order valence-corrected chi connectivity index (χ4v) is 1.86. The van der Waals surface area contributed by atoms with E-state index >= 15 is 0 Å². The number of carbonyl (C=O) groups excluding carboxylic acids is 1. The number of unbranched alkanes of at least 4 members (excludes halogenated alkanes) is 2. The van der Waals surface area contributed by atoms with Crippen molar-refractivity contribution in [3.63, 3.8) is 0 Å². The van der Waals surface area contributed by atoms with Gasteiger partial charge in [-0.1, -0.05) is 37.4 Å². The van der Waals surface area contributed by atoms with Gasteiger partial charge in [0.15, 0.2) is 0 Å². The molecule has 1 aromatic rings. The molecule has 0 unspecified atom stereocenters. The van der Waals surface area contributed by atoms with E-state index in [1.54, 1.807) is 6.07 Å². The number of hydrogen-bond donors (Lipinski definition) is 2. The highest BCUT2D eigenvalue weighted by Crippen LogP contribution is 2.24. The van der Waals surface area contributed by atoms with Crippen LogP contribution in [0.15, 0.2) is 18.2 Å². The summed E-state index contributed by atoms with van der Waals surface area (Å²) < 4.78 is 5.54. The number of hydrogen-bond acceptors (Lipinski definition) is 2. The molecule has 2 N–H and O–H groups in total. The first-order valence-corrected chi connectivity index (χ1v) is 7.42. The number of carbonyl (C=O) groups is 1. The van der Waals surface area contributed by atoms with Crippen LogP contribution >= 0.6 is 11.6 Å². The molecular formula is C15H23ClN2O2. The summed E-state index contributed by atoms with van der Waals surface area (Å²) in [5.41, 5.74) is 1.09. The van der Waals surface area contributed by atoms with Crippen molar-refractivity contribution in [3.8, 4) is 5.75 Å². The second-order valence-electron chi connectivity index (χ2n) is 4.67. The highest BCUT2D eigenvalue weighted by Gasteiger charge is 2.02. The van der Waals surface area contributed by atoms with Crippen molar-refractivity contribution >= 4 is 17.6 Å². The summed E-state index contributed by atoms with van der Waals surface area (Å²) >= 11 is 6.01. The average Bonchev–Trinajstić information content (AvgIpc) is 2.43. The van der Waals surface area contributed by atoms with Gasteiger partial charge in [-0.2, -0.15) is 0 Å². The van der Waals surface area contributed by atoms with Gasteiger partial charge < -0.3 is 15.4 Å². The molecule has 0 saturated heterocycles.